The maximum absolute atomic E-state index is 13.3. The lowest BCUT2D eigenvalue weighted by Crippen LogP contribution is -2.38. The van der Waals surface area contributed by atoms with Crippen LogP contribution in [0.2, 0.25) is 0 Å². The molecule has 38 heavy (non-hydrogen) atoms. The van der Waals surface area contributed by atoms with Crippen LogP contribution < -0.4 is 4.74 Å². The summed E-state index contributed by atoms with van der Waals surface area (Å²) in [6.07, 6.45) is 1.09. The largest absolute Gasteiger partial charge is 0.493 e. The summed E-state index contributed by atoms with van der Waals surface area (Å²) >= 11 is 0. The maximum atomic E-state index is 13.3. The van der Waals surface area contributed by atoms with Gasteiger partial charge < -0.3 is 24.0 Å². The van der Waals surface area contributed by atoms with Crippen LogP contribution in [0.1, 0.15) is 28.9 Å². The third kappa shape index (κ3) is 7.34. The molecule has 0 bridgehead atoms. The fourth-order valence-corrected chi connectivity index (χ4v) is 4.35. The number of alkyl halides is 3. The van der Waals surface area contributed by atoms with Crippen molar-refractivity contribution in [2.75, 3.05) is 13.2 Å². The lowest BCUT2D eigenvalue weighted by Gasteiger charge is -2.25. The van der Waals surface area contributed by atoms with Gasteiger partial charge in [0.15, 0.2) is 0 Å². The second kappa shape index (κ2) is 12.1. The highest BCUT2D eigenvalue weighted by Crippen LogP contribution is 2.26. The molecule has 2 aliphatic heterocycles. The monoisotopic (exact) mass is 531 g/mol. The minimum Gasteiger partial charge on any atom is -0.493 e. The van der Waals surface area contributed by atoms with Gasteiger partial charge in [0, 0.05) is 24.6 Å². The van der Waals surface area contributed by atoms with E-state index in [0.29, 0.717) is 26.1 Å². The van der Waals surface area contributed by atoms with Crippen LogP contribution in [0.25, 0.3) is 0 Å². The third-order valence-electron chi connectivity index (χ3n) is 6.22. The molecule has 3 aromatic rings. The molecule has 1 unspecified atom stereocenters. The predicted molar refractivity (Wildman–Crippen MR) is 130 cm³/mol. The Bertz CT molecular complexity index is 1250. The lowest BCUT2D eigenvalue weighted by molar-refractivity contribution is -0.192. The highest BCUT2D eigenvalue weighted by Gasteiger charge is 2.38. The number of ether oxygens (including phenoxy) is 2. The van der Waals surface area contributed by atoms with Crippen molar-refractivity contribution in [3.05, 3.63) is 83.4 Å². The fraction of sp³-hybridized carbons (Fsp3) is 0.370. The van der Waals surface area contributed by atoms with Crippen LogP contribution in [-0.4, -0.2) is 56.9 Å². The first-order chi connectivity index (χ1) is 18.2. The van der Waals surface area contributed by atoms with Gasteiger partial charge in [-0.15, -0.1) is 0 Å². The molecule has 4 heterocycles. The minimum absolute atomic E-state index is 0.0865. The first-order valence-corrected chi connectivity index (χ1v) is 12.2. The van der Waals surface area contributed by atoms with Gasteiger partial charge in [-0.3, -0.25) is 9.78 Å². The molecule has 1 N–H and O–H groups in total. The Morgan fingerprint density at radius 3 is 2.68 bits per heavy atom. The minimum atomic E-state index is -5.08. The van der Waals surface area contributed by atoms with Gasteiger partial charge in [-0.05, 0) is 54.3 Å². The van der Waals surface area contributed by atoms with E-state index in [0.717, 1.165) is 48.7 Å². The molecule has 0 radical (unpaired) electrons. The number of rotatable bonds is 5. The normalized spacial score (nSPS) is 16.7. The van der Waals surface area contributed by atoms with E-state index in [9.17, 15) is 18.0 Å². The molecular formula is C27H28F3N3O5. The molecule has 2 aliphatic rings. The summed E-state index contributed by atoms with van der Waals surface area (Å²) in [6, 6.07) is 16.1. The highest BCUT2D eigenvalue weighted by atomic mass is 19.4. The van der Waals surface area contributed by atoms with Crippen molar-refractivity contribution < 1.29 is 37.3 Å². The van der Waals surface area contributed by atoms with E-state index < -0.39 is 12.1 Å². The van der Waals surface area contributed by atoms with Crippen molar-refractivity contribution in [1.29, 1.82) is 0 Å². The van der Waals surface area contributed by atoms with Crippen molar-refractivity contribution >= 4 is 11.9 Å². The van der Waals surface area contributed by atoms with Crippen molar-refractivity contribution in [2.45, 2.75) is 51.2 Å². The SMILES string of the molecule is O=C(Cc1ccc2c(c1)CCCO2)N1Cc2cccn2CC(OCc2ccccn2)C1.O=C(O)C(F)(F)F. The van der Waals surface area contributed by atoms with E-state index in [4.69, 9.17) is 19.4 Å². The van der Waals surface area contributed by atoms with Gasteiger partial charge in [-0.25, -0.2) is 4.79 Å². The van der Waals surface area contributed by atoms with E-state index in [-0.39, 0.29) is 12.0 Å². The zero-order chi connectivity index (χ0) is 27.1. The third-order valence-corrected chi connectivity index (χ3v) is 6.22. The van der Waals surface area contributed by atoms with E-state index in [1.165, 1.54) is 5.56 Å². The summed E-state index contributed by atoms with van der Waals surface area (Å²) in [4.78, 5) is 28.4. The van der Waals surface area contributed by atoms with Gasteiger partial charge >= 0.3 is 12.1 Å². The average Bonchev–Trinajstić information content (AvgIpc) is 3.25. The summed E-state index contributed by atoms with van der Waals surface area (Å²) in [5.41, 5.74) is 4.28. The number of amides is 1. The van der Waals surface area contributed by atoms with Gasteiger partial charge in [0.05, 0.1) is 44.5 Å². The Hall–Kier alpha value is -3.86. The molecule has 1 aromatic carbocycles. The number of aryl methyl sites for hydroxylation is 1. The standard InChI is InChI=1S/C25H27N3O3.C2HF3O2/c29-25(14-19-8-9-24-20(13-19)5-4-12-30-24)28-15-22-7-3-11-27(22)16-23(17-28)31-18-21-6-1-2-10-26-21;3-2(4,5)1(6)7/h1-3,6-11,13,23H,4-5,12,14-18H2;(H,6,7). The number of nitrogens with zero attached hydrogens (tertiary/aromatic N) is 3. The Balaban J connectivity index is 0.000000426. The van der Waals surface area contributed by atoms with Crippen LogP contribution in [0, 0.1) is 0 Å². The predicted octanol–water partition coefficient (Wildman–Crippen LogP) is 4.01. The number of halogens is 3. The summed E-state index contributed by atoms with van der Waals surface area (Å²) < 4.78 is 45.8. The fourth-order valence-electron chi connectivity index (χ4n) is 4.35. The Labute approximate surface area is 217 Å². The van der Waals surface area contributed by atoms with Crippen LogP contribution in [0.5, 0.6) is 5.75 Å². The zero-order valence-corrected chi connectivity index (χ0v) is 20.6. The molecule has 11 heteroatoms. The van der Waals surface area contributed by atoms with E-state index in [1.54, 1.807) is 6.20 Å². The average molecular weight is 532 g/mol. The van der Waals surface area contributed by atoms with Crippen LogP contribution in [-0.2, 0) is 46.9 Å². The number of fused-ring (bicyclic) bond motifs is 2. The van der Waals surface area contributed by atoms with Crippen LogP contribution >= 0.6 is 0 Å². The number of pyridine rings is 1. The second-order valence-electron chi connectivity index (χ2n) is 9.05. The van der Waals surface area contributed by atoms with E-state index in [2.05, 4.69) is 27.9 Å². The maximum Gasteiger partial charge on any atom is 0.490 e. The van der Waals surface area contributed by atoms with Crippen LogP contribution in [0.4, 0.5) is 13.2 Å². The smallest absolute Gasteiger partial charge is 0.490 e. The Morgan fingerprint density at radius 2 is 1.95 bits per heavy atom. The number of aliphatic carboxylic acids is 1. The molecule has 0 saturated heterocycles. The molecular weight excluding hydrogens is 503 g/mol. The van der Waals surface area contributed by atoms with Gasteiger partial charge in [-0.2, -0.15) is 13.2 Å². The highest BCUT2D eigenvalue weighted by molar-refractivity contribution is 5.79. The number of aromatic nitrogens is 2. The van der Waals surface area contributed by atoms with E-state index in [1.807, 2.05) is 41.3 Å². The molecule has 2 aromatic heterocycles. The topological polar surface area (TPSA) is 93.9 Å². The molecule has 202 valence electrons. The molecule has 0 fully saturated rings. The van der Waals surface area contributed by atoms with Crippen LogP contribution in [0.3, 0.4) is 0 Å². The quantitative estimate of drug-likeness (QED) is 0.535. The number of carbonyl (C=O) groups is 2. The van der Waals surface area contributed by atoms with Gasteiger partial charge in [-0.1, -0.05) is 18.2 Å². The van der Waals surface area contributed by atoms with Crippen molar-refractivity contribution in [1.82, 2.24) is 14.5 Å². The number of carboxylic acid groups (broad SMARTS) is 1. The summed E-state index contributed by atoms with van der Waals surface area (Å²) in [5, 5.41) is 7.12. The van der Waals surface area contributed by atoms with Gasteiger partial charge in [0.2, 0.25) is 5.91 Å². The van der Waals surface area contributed by atoms with Gasteiger partial charge in [0.25, 0.3) is 0 Å². The Kier molecular flexibility index (Phi) is 8.67. The summed E-state index contributed by atoms with van der Waals surface area (Å²) in [6.45, 7) is 3.12. The Morgan fingerprint density at radius 1 is 1.13 bits per heavy atom. The second-order valence-corrected chi connectivity index (χ2v) is 9.05. The van der Waals surface area contributed by atoms with Crippen LogP contribution in [0.15, 0.2) is 60.9 Å². The van der Waals surface area contributed by atoms with E-state index >= 15 is 0 Å². The summed E-state index contributed by atoms with van der Waals surface area (Å²) in [5.74, 6) is -1.68. The van der Waals surface area contributed by atoms with Crippen molar-refractivity contribution in [3.8, 4) is 5.75 Å². The lowest BCUT2D eigenvalue weighted by atomic mass is 10.0. The number of hydrogen-bond acceptors (Lipinski definition) is 5. The molecule has 1 amide bonds. The number of carboxylic acids is 1. The van der Waals surface area contributed by atoms with Crippen molar-refractivity contribution in [3.63, 3.8) is 0 Å². The van der Waals surface area contributed by atoms with Gasteiger partial charge in [0.1, 0.15) is 5.75 Å². The first-order valence-electron chi connectivity index (χ1n) is 12.2. The number of carbonyl (C=O) groups excluding carboxylic acids is 1. The zero-order valence-electron chi connectivity index (χ0n) is 20.6. The molecule has 5 rings (SSSR count). The molecule has 1 atom stereocenters. The first kappa shape index (κ1) is 27.2. The molecule has 8 nitrogen and oxygen atoms in total. The summed E-state index contributed by atoms with van der Waals surface area (Å²) in [7, 11) is 0. The molecule has 0 saturated carbocycles. The number of hydrogen-bond donors (Lipinski definition) is 1. The molecule has 0 aliphatic carbocycles. The number of benzene rings is 1. The molecule has 0 spiro atoms. The van der Waals surface area contributed by atoms with Crippen molar-refractivity contribution in [2.24, 2.45) is 0 Å².